The molecule has 3 N–H and O–H groups in total. The summed E-state index contributed by atoms with van der Waals surface area (Å²) in [4.78, 5) is 24.7. The molecule has 1 aliphatic rings. The van der Waals surface area contributed by atoms with Gasteiger partial charge in [0, 0.05) is 19.1 Å². The first-order valence-corrected chi connectivity index (χ1v) is 9.67. The highest BCUT2D eigenvalue weighted by atomic mass is 32.2. The van der Waals surface area contributed by atoms with Crippen molar-refractivity contribution in [2.75, 3.05) is 13.1 Å². The van der Waals surface area contributed by atoms with Crippen molar-refractivity contribution in [1.29, 1.82) is 0 Å². The first-order valence-electron chi connectivity index (χ1n) is 8.19. The summed E-state index contributed by atoms with van der Waals surface area (Å²) in [6.07, 6.45) is 2.53. The zero-order chi connectivity index (χ0) is 19.6. The van der Waals surface area contributed by atoms with E-state index in [1.54, 1.807) is 12.1 Å². The number of amides is 1. The molecule has 1 atom stereocenters. The van der Waals surface area contributed by atoms with Gasteiger partial charge in [-0.05, 0) is 43.2 Å². The van der Waals surface area contributed by atoms with Crippen LogP contribution in [0.5, 0.6) is 5.75 Å². The van der Waals surface area contributed by atoms with Crippen molar-refractivity contribution >= 4 is 21.9 Å². The number of carbonyl (C=O) groups excluding carboxylic acids is 1. The fourth-order valence-electron chi connectivity index (χ4n) is 2.95. The van der Waals surface area contributed by atoms with Crippen molar-refractivity contribution in [2.45, 2.75) is 23.8 Å². The van der Waals surface area contributed by atoms with Crippen molar-refractivity contribution in [3.8, 4) is 5.75 Å². The van der Waals surface area contributed by atoms with Crippen molar-refractivity contribution in [1.82, 2.24) is 9.62 Å². The molecule has 10 heteroatoms. The topological polar surface area (TPSA) is 137 Å². The van der Waals surface area contributed by atoms with Gasteiger partial charge in [-0.2, -0.15) is 0 Å². The number of furan rings is 1. The quantitative estimate of drug-likeness (QED) is 0.694. The van der Waals surface area contributed by atoms with E-state index in [-0.39, 0.29) is 23.1 Å². The Morgan fingerprint density at radius 2 is 2.04 bits per heavy atom. The monoisotopic (exact) mass is 394 g/mol. The fraction of sp³-hybridized carbons (Fsp3) is 0.294. The number of carbonyl (C=O) groups is 2. The maximum Gasteiger partial charge on any atom is 0.339 e. The van der Waals surface area contributed by atoms with E-state index in [1.807, 2.05) is 0 Å². The molecule has 9 nitrogen and oxygen atoms in total. The van der Waals surface area contributed by atoms with E-state index < -0.39 is 33.3 Å². The van der Waals surface area contributed by atoms with E-state index in [4.69, 9.17) is 9.52 Å². The average Bonchev–Trinajstić information content (AvgIpc) is 3.15. The van der Waals surface area contributed by atoms with E-state index in [1.165, 1.54) is 11.2 Å². The summed E-state index contributed by atoms with van der Waals surface area (Å²) in [6.45, 7) is 0.656. The predicted octanol–water partition coefficient (Wildman–Crippen LogP) is 1.27. The number of hydrogen-bond acceptors (Lipinski definition) is 6. The zero-order valence-electron chi connectivity index (χ0n) is 14.2. The molecular weight excluding hydrogens is 376 g/mol. The molecule has 2 heterocycles. The highest BCUT2D eigenvalue weighted by molar-refractivity contribution is 7.89. The number of rotatable bonds is 5. The number of aromatic hydroxyl groups is 1. The van der Waals surface area contributed by atoms with Crippen LogP contribution >= 0.6 is 0 Å². The van der Waals surface area contributed by atoms with E-state index in [9.17, 15) is 23.1 Å². The normalized spacial score (nSPS) is 17.6. The molecule has 0 unspecified atom stereocenters. The number of phenols is 1. The van der Waals surface area contributed by atoms with E-state index in [2.05, 4.69) is 4.72 Å². The van der Waals surface area contributed by atoms with Gasteiger partial charge in [0.1, 0.15) is 11.3 Å². The number of likely N-dealkylation sites (tertiary alicyclic amines) is 1. The summed E-state index contributed by atoms with van der Waals surface area (Å²) < 4.78 is 32.8. The van der Waals surface area contributed by atoms with Crippen molar-refractivity contribution in [2.24, 2.45) is 0 Å². The lowest BCUT2D eigenvalue weighted by Gasteiger charge is -2.32. The molecule has 1 aromatic carbocycles. The van der Waals surface area contributed by atoms with Crippen LogP contribution in [0, 0.1) is 0 Å². The summed E-state index contributed by atoms with van der Waals surface area (Å²) in [5.41, 5.74) is -0.504. The fourth-order valence-corrected chi connectivity index (χ4v) is 4.24. The number of benzene rings is 1. The second kappa shape index (κ2) is 7.41. The number of nitrogens with one attached hydrogen (secondary N) is 1. The number of carboxylic acids is 1. The lowest BCUT2D eigenvalue weighted by molar-refractivity contribution is 0.0668. The van der Waals surface area contributed by atoms with Crippen molar-refractivity contribution in [3.63, 3.8) is 0 Å². The molecule has 0 aliphatic carbocycles. The zero-order valence-corrected chi connectivity index (χ0v) is 15.0. The van der Waals surface area contributed by atoms with Gasteiger partial charge in [0.25, 0.3) is 5.91 Å². The van der Waals surface area contributed by atoms with Gasteiger partial charge < -0.3 is 19.5 Å². The lowest BCUT2D eigenvalue weighted by atomic mass is 10.1. The molecule has 0 saturated carbocycles. The van der Waals surface area contributed by atoms with Crippen LogP contribution < -0.4 is 4.72 Å². The molecule has 1 amide bonds. The SMILES string of the molecule is O=C(O)c1cc(S(=O)(=O)N[C@H]2CCCN(C(=O)c3ccco3)C2)ccc1O. The third-order valence-corrected chi connectivity index (χ3v) is 5.79. The van der Waals surface area contributed by atoms with Crippen molar-refractivity contribution < 1.29 is 32.6 Å². The minimum absolute atomic E-state index is 0.169. The molecule has 1 saturated heterocycles. The number of piperidine rings is 1. The smallest absolute Gasteiger partial charge is 0.339 e. The van der Waals surface area contributed by atoms with E-state index in [0.717, 1.165) is 18.2 Å². The minimum atomic E-state index is -4.02. The van der Waals surface area contributed by atoms with Crippen LogP contribution in [0.15, 0.2) is 45.9 Å². The van der Waals surface area contributed by atoms with Gasteiger partial charge in [-0.3, -0.25) is 4.79 Å². The highest BCUT2D eigenvalue weighted by Crippen LogP contribution is 2.22. The number of nitrogens with zero attached hydrogens (tertiary/aromatic N) is 1. The molecule has 0 spiro atoms. The predicted molar refractivity (Wildman–Crippen MR) is 93.0 cm³/mol. The van der Waals surface area contributed by atoms with Gasteiger partial charge >= 0.3 is 5.97 Å². The van der Waals surface area contributed by atoms with Crippen LogP contribution in [-0.2, 0) is 10.0 Å². The van der Waals surface area contributed by atoms with E-state index >= 15 is 0 Å². The standard InChI is InChI=1S/C17H18N2O7S/c20-14-6-5-12(9-13(14)17(22)23)27(24,25)18-11-3-1-7-19(10-11)16(21)15-4-2-8-26-15/h2,4-6,8-9,11,18,20H,1,3,7,10H2,(H,22,23)/t11-/m0/s1. The number of hydrogen-bond donors (Lipinski definition) is 3. The van der Waals surface area contributed by atoms with Crippen LogP contribution in [-0.4, -0.2) is 54.5 Å². The van der Waals surface area contributed by atoms with Gasteiger partial charge in [0.2, 0.25) is 10.0 Å². The summed E-state index contributed by atoms with van der Waals surface area (Å²) in [5, 5.41) is 18.6. The Bertz CT molecular complexity index is 954. The number of carboxylic acid groups (broad SMARTS) is 1. The molecule has 0 bridgehead atoms. The Hall–Kier alpha value is -2.85. The summed E-state index contributed by atoms with van der Waals surface area (Å²) >= 11 is 0. The Kier molecular flexibility index (Phi) is 5.19. The minimum Gasteiger partial charge on any atom is -0.507 e. The first-order chi connectivity index (χ1) is 12.8. The Balaban J connectivity index is 1.75. The van der Waals surface area contributed by atoms with Gasteiger partial charge in [0.15, 0.2) is 5.76 Å². The second-order valence-corrected chi connectivity index (χ2v) is 7.89. The summed E-state index contributed by atoms with van der Waals surface area (Å²) in [5.74, 6) is -2.09. The lowest BCUT2D eigenvalue weighted by Crippen LogP contribution is -2.49. The third-order valence-electron chi connectivity index (χ3n) is 4.27. The average molecular weight is 394 g/mol. The van der Waals surface area contributed by atoms with Gasteiger partial charge in [-0.25, -0.2) is 17.9 Å². The van der Waals surface area contributed by atoms with Crippen LogP contribution in [0.3, 0.4) is 0 Å². The number of aromatic carboxylic acids is 1. The molecule has 1 aliphatic heterocycles. The molecule has 1 aromatic heterocycles. The maximum absolute atomic E-state index is 12.6. The molecule has 1 fully saturated rings. The first kappa shape index (κ1) is 18.9. The van der Waals surface area contributed by atoms with E-state index in [0.29, 0.717) is 19.4 Å². The van der Waals surface area contributed by atoms with Gasteiger partial charge in [0.05, 0.1) is 11.2 Å². The van der Waals surface area contributed by atoms with Crippen LogP contribution in [0.4, 0.5) is 0 Å². The van der Waals surface area contributed by atoms with Gasteiger partial charge in [-0.1, -0.05) is 0 Å². The number of sulfonamides is 1. The molecule has 144 valence electrons. The largest absolute Gasteiger partial charge is 0.507 e. The third kappa shape index (κ3) is 4.12. The maximum atomic E-state index is 12.6. The summed E-state index contributed by atoms with van der Waals surface area (Å²) in [6, 6.07) is 5.66. The molecule has 27 heavy (non-hydrogen) atoms. The molecular formula is C17H18N2O7S. The van der Waals surface area contributed by atoms with Crippen molar-refractivity contribution in [3.05, 3.63) is 47.9 Å². The molecule has 3 rings (SSSR count). The highest BCUT2D eigenvalue weighted by Gasteiger charge is 2.29. The Morgan fingerprint density at radius 1 is 1.26 bits per heavy atom. The summed E-state index contributed by atoms with van der Waals surface area (Å²) in [7, 11) is -4.02. The second-order valence-electron chi connectivity index (χ2n) is 6.17. The van der Waals surface area contributed by atoms with Crippen LogP contribution in [0.2, 0.25) is 0 Å². The Labute approximate surface area is 155 Å². The molecule has 2 aromatic rings. The van der Waals surface area contributed by atoms with Crippen LogP contribution in [0.25, 0.3) is 0 Å². The Morgan fingerprint density at radius 3 is 2.70 bits per heavy atom. The molecule has 0 radical (unpaired) electrons. The van der Waals surface area contributed by atoms with Gasteiger partial charge in [-0.15, -0.1) is 0 Å². The van der Waals surface area contributed by atoms with Crippen LogP contribution in [0.1, 0.15) is 33.8 Å².